The van der Waals surface area contributed by atoms with Gasteiger partial charge in [-0.2, -0.15) is 0 Å². The van der Waals surface area contributed by atoms with Crippen LogP contribution in [0.5, 0.6) is 0 Å². The molecular weight excluding hydrogens is 300 g/mol. The molecule has 1 aromatic heterocycles. The van der Waals surface area contributed by atoms with Gasteiger partial charge in [0.1, 0.15) is 0 Å². The van der Waals surface area contributed by atoms with Crippen molar-refractivity contribution < 1.29 is 14.3 Å². The normalized spacial score (nSPS) is 10.3. The Morgan fingerprint density at radius 1 is 1.32 bits per heavy atom. The number of aryl methyl sites for hydroxylation is 3. The van der Waals surface area contributed by atoms with Gasteiger partial charge in [-0.1, -0.05) is 6.07 Å². The molecule has 0 bridgehead atoms. The summed E-state index contributed by atoms with van der Waals surface area (Å²) in [6, 6.07) is 6.70. The molecule has 0 fully saturated rings. The number of anilines is 1. The third-order valence-corrected chi connectivity index (χ3v) is 4.28. The average molecular weight is 318 g/mol. The monoisotopic (exact) mass is 318 g/mol. The van der Waals surface area contributed by atoms with Crippen molar-refractivity contribution in [1.82, 2.24) is 4.98 Å². The summed E-state index contributed by atoms with van der Waals surface area (Å²) in [5, 5.41) is 3.81. The van der Waals surface area contributed by atoms with Crippen molar-refractivity contribution in [2.45, 2.75) is 26.7 Å². The zero-order valence-electron chi connectivity index (χ0n) is 12.8. The predicted octanol–water partition coefficient (Wildman–Crippen LogP) is 3.12. The van der Waals surface area contributed by atoms with E-state index in [1.54, 1.807) is 35.6 Å². The van der Waals surface area contributed by atoms with E-state index in [9.17, 15) is 9.59 Å². The smallest absolute Gasteiger partial charge is 0.337 e. The van der Waals surface area contributed by atoms with Gasteiger partial charge >= 0.3 is 5.97 Å². The van der Waals surface area contributed by atoms with Crippen LogP contribution in [0, 0.1) is 13.8 Å². The van der Waals surface area contributed by atoms with Crippen molar-refractivity contribution in [2.24, 2.45) is 0 Å². The number of amides is 1. The number of nitrogens with zero attached hydrogens (tertiary/aromatic N) is 1. The zero-order valence-corrected chi connectivity index (χ0v) is 13.6. The summed E-state index contributed by atoms with van der Waals surface area (Å²) >= 11 is 1.62. The van der Waals surface area contributed by atoms with Gasteiger partial charge in [0.25, 0.3) is 0 Å². The number of benzene rings is 1. The van der Waals surface area contributed by atoms with E-state index in [1.165, 1.54) is 7.11 Å². The Hall–Kier alpha value is -2.21. The lowest BCUT2D eigenvalue weighted by atomic mass is 10.2. The maximum Gasteiger partial charge on any atom is 0.337 e. The number of methoxy groups -OCH3 is 1. The van der Waals surface area contributed by atoms with Crippen LogP contribution in [-0.2, 0) is 16.0 Å². The first-order chi connectivity index (χ1) is 10.5. The minimum absolute atomic E-state index is 0.0903. The molecule has 0 atom stereocenters. The van der Waals surface area contributed by atoms with Crippen LogP contribution in [-0.4, -0.2) is 24.0 Å². The topological polar surface area (TPSA) is 68.3 Å². The van der Waals surface area contributed by atoms with E-state index in [-0.39, 0.29) is 5.91 Å². The lowest BCUT2D eigenvalue weighted by Crippen LogP contribution is -2.13. The van der Waals surface area contributed by atoms with E-state index < -0.39 is 5.97 Å². The number of thiazole rings is 1. The average Bonchev–Trinajstić information content (AvgIpc) is 2.82. The van der Waals surface area contributed by atoms with E-state index in [0.29, 0.717) is 24.1 Å². The highest BCUT2D eigenvalue weighted by atomic mass is 32.1. The fraction of sp³-hybridized carbons (Fsp3) is 0.312. The van der Waals surface area contributed by atoms with Gasteiger partial charge in [-0.25, -0.2) is 9.78 Å². The third-order valence-electron chi connectivity index (χ3n) is 3.15. The highest BCUT2D eigenvalue weighted by Gasteiger charge is 2.10. The van der Waals surface area contributed by atoms with Crippen LogP contribution in [0.15, 0.2) is 24.3 Å². The molecular formula is C16H18N2O3S. The molecule has 0 spiro atoms. The molecule has 0 saturated heterocycles. The van der Waals surface area contributed by atoms with Crippen molar-refractivity contribution in [3.05, 3.63) is 45.4 Å². The number of hydrogen-bond acceptors (Lipinski definition) is 5. The van der Waals surface area contributed by atoms with Gasteiger partial charge in [0.05, 0.1) is 23.4 Å². The second-order valence-corrected chi connectivity index (χ2v) is 6.15. The molecule has 0 radical (unpaired) electrons. The molecule has 0 saturated carbocycles. The summed E-state index contributed by atoms with van der Waals surface area (Å²) in [7, 11) is 1.33. The molecule has 1 N–H and O–H groups in total. The predicted molar refractivity (Wildman–Crippen MR) is 86.3 cm³/mol. The number of nitrogens with one attached hydrogen (secondary N) is 1. The van der Waals surface area contributed by atoms with E-state index in [2.05, 4.69) is 15.0 Å². The van der Waals surface area contributed by atoms with Crippen molar-refractivity contribution in [2.75, 3.05) is 12.4 Å². The minimum atomic E-state index is -0.424. The van der Waals surface area contributed by atoms with Crippen LogP contribution in [0.1, 0.15) is 32.4 Å². The van der Waals surface area contributed by atoms with Gasteiger partial charge < -0.3 is 10.1 Å². The van der Waals surface area contributed by atoms with Crippen molar-refractivity contribution in [1.29, 1.82) is 0 Å². The Bertz CT molecular complexity index is 694. The van der Waals surface area contributed by atoms with Crippen LogP contribution in [0.2, 0.25) is 0 Å². The molecule has 0 aliphatic rings. The SMILES string of the molecule is COC(=O)c1cccc(NC(=O)CCc2sc(C)nc2C)c1. The number of carbonyl (C=O) groups is 2. The second kappa shape index (κ2) is 7.17. The number of rotatable bonds is 5. The summed E-state index contributed by atoms with van der Waals surface area (Å²) in [4.78, 5) is 29.0. The zero-order chi connectivity index (χ0) is 16.1. The lowest BCUT2D eigenvalue weighted by molar-refractivity contribution is -0.116. The van der Waals surface area contributed by atoms with Gasteiger partial charge in [-0.05, 0) is 38.5 Å². The first-order valence-corrected chi connectivity index (χ1v) is 7.72. The van der Waals surface area contributed by atoms with Gasteiger partial charge in [-0.15, -0.1) is 11.3 Å². The van der Waals surface area contributed by atoms with E-state index in [0.717, 1.165) is 15.6 Å². The van der Waals surface area contributed by atoms with Crippen LogP contribution in [0.4, 0.5) is 5.69 Å². The molecule has 1 aromatic carbocycles. The molecule has 22 heavy (non-hydrogen) atoms. The van der Waals surface area contributed by atoms with Crippen molar-refractivity contribution in [3.63, 3.8) is 0 Å². The lowest BCUT2D eigenvalue weighted by Gasteiger charge is -2.06. The third kappa shape index (κ3) is 4.14. The van der Waals surface area contributed by atoms with E-state index >= 15 is 0 Å². The summed E-state index contributed by atoms with van der Waals surface area (Å²) < 4.78 is 4.66. The molecule has 0 unspecified atom stereocenters. The molecule has 6 heteroatoms. The minimum Gasteiger partial charge on any atom is -0.465 e. The Balaban J connectivity index is 1.94. The second-order valence-electron chi connectivity index (χ2n) is 4.86. The van der Waals surface area contributed by atoms with Gasteiger partial charge in [0.2, 0.25) is 5.91 Å². The van der Waals surface area contributed by atoms with Gasteiger partial charge in [0.15, 0.2) is 0 Å². The fourth-order valence-electron chi connectivity index (χ4n) is 2.10. The molecule has 2 aromatic rings. The maximum atomic E-state index is 12.0. The van der Waals surface area contributed by atoms with E-state index in [4.69, 9.17) is 0 Å². The summed E-state index contributed by atoms with van der Waals surface area (Å²) in [5.74, 6) is -0.515. The number of esters is 1. The largest absolute Gasteiger partial charge is 0.465 e. The molecule has 0 aliphatic heterocycles. The molecule has 5 nitrogen and oxygen atoms in total. The van der Waals surface area contributed by atoms with Crippen LogP contribution < -0.4 is 5.32 Å². The molecule has 1 amide bonds. The summed E-state index contributed by atoms with van der Waals surface area (Å²) in [6.07, 6.45) is 1.05. The standard InChI is InChI=1S/C16H18N2O3S/c1-10-14(22-11(2)17-10)7-8-15(19)18-13-6-4-5-12(9-13)16(20)21-3/h4-6,9H,7-8H2,1-3H3,(H,18,19). The van der Waals surface area contributed by atoms with Gasteiger partial charge in [0, 0.05) is 17.0 Å². The van der Waals surface area contributed by atoms with Crippen molar-refractivity contribution >= 4 is 28.9 Å². The van der Waals surface area contributed by atoms with Crippen LogP contribution in [0.3, 0.4) is 0 Å². The first-order valence-electron chi connectivity index (χ1n) is 6.90. The van der Waals surface area contributed by atoms with Gasteiger partial charge in [-0.3, -0.25) is 4.79 Å². The number of ether oxygens (including phenoxy) is 1. The molecule has 1 heterocycles. The maximum absolute atomic E-state index is 12.0. The fourth-order valence-corrected chi connectivity index (χ4v) is 3.03. The quantitative estimate of drug-likeness (QED) is 0.860. The molecule has 0 aliphatic carbocycles. The highest BCUT2D eigenvalue weighted by Crippen LogP contribution is 2.19. The number of carbonyl (C=O) groups excluding carboxylic acids is 2. The Labute approximate surface area is 133 Å². The Morgan fingerprint density at radius 3 is 2.73 bits per heavy atom. The molecule has 116 valence electrons. The van der Waals surface area contributed by atoms with Crippen LogP contribution >= 0.6 is 11.3 Å². The highest BCUT2D eigenvalue weighted by molar-refractivity contribution is 7.11. The van der Waals surface area contributed by atoms with Crippen LogP contribution in [0.25, 0.3) is 0 Å². The summed E-state index contributed by atoms with van der Waals surface area (Å²) in [5.41, 5.74) is 1.99. The Morgan fingerprint density at radius 2 is 2.09 bits per heavy atom. The van der Waals surface area contributed by atoms with E-state index in [1.807, 2.05) is 13.8 Å². The molecule has 2 rings (SSSR count). The first kappa shape index (κ1) is 16.2. The Kier molecular flexibility index (Phi) is 5.27. The number of hydrogen-bond donors (Lipinski definition) is 1. The van der Waals surface area contributed by atoms with Crippen molar-refractivity contribution in [3.8, 4) is 0 Å². The summed E-state index contributed by atoms with van der Waals surface area (Å²) in [6.45, 7) is 3.91. The number of aromatic nitrogens is 1.